The van der Waals surface area contributed by atoms with Gasteiger partial charge in [0.25, 0.3) is 0 Å². The van der Waals surface area contributed by atoms with E-state index in [2.05, 4.69) is 5.32 Å². The molecular formula is C12H12F2N2O4. The molecule has 2 atom stereocenters. The third kappa shape index (κ3) is 2.85. The predicted molar refractivity (Wildman–Crippen MR) is 64.1 cm³/mol. The third-order valence-electron chi connectivity index (χ3n) is 2.99. The molecule has 108 valence electrons. The summed E-state index contributed by atoms with van der Waals surface area (Å²) in [6.45, 7) is -0.181. The molecule has 1 fully saturated rings. The second-order valence-electron chi connectivity index (χ2n) is 4.45. The first-order chi connectivity index (χ1) is 9.38. The van der Waals surface area contributed by atoms with Gasteiger partial charge in [-0.25, -0.2) is 18.4 Å². The lowest BCUT2D eigenvalue weighted by Crippen LogP contribution is -2.43. The normalized spacial score (nSPS) is 21.9. The van der Waals surface area contributed by atoms with Crippen molar-refractivity contribution in [2.75, 3.05) is 11.9 Å². The van der Waals surface area contributed by atoms with E-state index in [0.717, 1.165) is 23.1 Å². The van der Waals surface area contributed by atoms with Crippen molar-refractivity contribution in [1.82, 2.24) is 4.90 Å². The Morgan fingerprint density at radius 3 is 2.70 bits per heavy atom. The third-order valence-corrected chi connectivity index (χ3v) is 2.99. The number of benzene rings is 1. The molecule has 0 aliphatic carbocycles. The fourth-order valence-corrected chi connectivity index (χ4v) is 2.05. The van der Waals surface area contributed by atoms with Gasteiger partial charge in [-0.3, -0.25) is 0 Å². The number of aliphatic carboxylic acids is 1. The number of carboxylic acids is 1. The Hall–Kier alpha value is -2.22. The lowest BCUT2D eigenvalue weighted by molar-refractivity contribution is -0.141. The molecule has 1 aliphatic heterocycles. The second-order valence-corrected chi connectivity index (χ2v) is 4.45. The van der Waals surface area contributed by atoms with E-state index < -0.39 is 35.8 Å². The molecule has 3 N–H and O–H groups in total. The molecule has 6 nitrogen and oxygen atoms in total. The van der Waals surface area contributed by atoms with Gasteiger partial charge in [-0.2, -0.15) is 0 Å². The van der Waals surface area contributed by atoms with Crippen molar-refractivity contribution in [1.29, 1.82) is 0 Å². The summed E-state index contributed by atoms with van der Waals surface area (Å²) in [6, 6.07) is 0.429. The molecule has 0 bridgehead atoms. The molecule has 1 heterocycles. The molecule has 1 aromatic carbocycles. The van der Waals surface area contributed by atoms with E-state index in [-0.39, 0.29) is 18.7 Å². The number of urea groups is 1. The van der Waals surface area contributed by atoms with Gasteiger partial charge in [0.2, 0.25) is 0 Å². The Labute approximate surface area is 112 Å². The maximum Gasteiger partial charge on any atom is 0.326 e. The van der Waals surface area contributed by atoms with Gasteiger partial charge in [0, 0.05) is 19.0 Å². The zero-order valence-corrected chi connectivity index (χ0v) is 10.2. The number of hydrogen-bond donors (Lipinski definition) is 3. The molecular weight excluding hydrogens is 274 g/mol. The Morgan fingerprint density at radius 1 is 1.35 bits per heavy atom. The van der Waals surface area contributed by atoms with E-state index in [0.29, 0.717) is 0 Å². The fourth-order valence-electron chi connectivity index (χ4n) is 2.05. The highest BCUT2D eigenvalue weighted by molar-refractivity contribution is 5.92. The van der Waals surface area contributed by atoms with Crippen LogP contribution in [0.15, 0.2) is 18.2 Å². The number of likely N-dealkylation sites (tertiary alicyclic amines) is 1. The Bertz CT molecular complexity index is 552. The molecule has 2 rings (SSSR count). The number of aliphatic hydroxyl groups is 1. The largest absolute Gasteiger partial charge is 0.480 e. The number of carbonyl (C=O) groups is 2. The highest BCUT2D eigenvalue weighted by Gasteiger charge is 2.39. The van der Waals surface area contributed by atoms with Gasteiger partial charge in [0.1, 0.15) is 17.7 Å². The number of nitrogens with zero attached hydrogens (tertiary/aromatic N) is 1. The van der Waals surface area contributed by atoms with Crippen molar-refractivity contribution < 1.29 is 28.6 Å². The van der Waals surface area contributed by atoms with E-state index in [4.69, 9.17) is 5.11 Å². The number of amides is 2. The van der Waals surface area contributed by atoms with Crippen LogP contribution in [-0.2, 0) is 4.79 Å². The Balaban J connectivity index is 2.15. The van der Waals surface area contributed by atoms with Crippen molar-refractivity contribution in [3.05, 3.63) is 29.8 Å². The highest BCUT2D eigenvalue weighted by Crippen LogP contribution is 2.21. The summed E-state index contributed by atoms with van der Waals surface area (Å²) in [4.78, 5) is 23.7. The van der Waals surface area contributed by atoms with Crippen LogP contribution in [0, 0.1) is 11.6 Å². The molecule has 2 amide bonds. The van der Waals surface area contributed by atoms with E-state index in [1.54, 1.807) is 0 Å². The van der Waals surface area contributed by atoms with Crippen LogP contribution in [0.1, 0.15) is 6.42 Å². The smallest absolute Gasteiger partial charge is 0.326 e. The van der Waals surface area contributed by atoms with Crippen molar-refractivity contribution in [2.24, 2.45) is 0 Å². The molecule has 8 heteroatoms. The van der Waals surface area contributed by atoms with Gasteiger partial charge < -0.3 is 20.4 Å². The van der Waals surface area contributed by atoms with E-state index in [9.17, 15) is 23.5 Å². The SMILES string of the molecule is O=C(O)[C@@H]1CC(O)CN1C(=O)Nc1cc(F)ccc1F. The van der Waals surface area contributed by atoms with Gasteiger partial charge in [0.15, 0.2) is 0 Å². The van der Waals surface area contributed by atoms with Crippen molar-refractivity contribution >= 4 is 17.7 Å². The summed E-state index contributed by atoms with van der Waals surface area (Å²) >= 11 is 0. The molecule has 0 spiro atoms. The first-order valence-electron chi connectivity index (χ1n) is 5.82. The van der Waals surface area contributed by atoms with Crippen LogP contribution in [0.4, 0.5) is 19.3 Å². The molecule has 1 aromatic rings. The molecule has 20 heavy (non-hydrogen) atoms. The van der Waals surface area contributed by atoms with Crippen LogP contribution in [0.2, 0.25) is 0 Å². The number of carbonyl (C=O) groups excluding carboxylic acids is 1. The first-order valence-corrected chi connectivity index (χ1v) is 5.82. The Morgan fingerprint density at radius 2 is 2.05 bits per heavy atom. The number of hydrogen-bond acceptors (Lipinski definition) is 3. The zero-order chi connectivity index (χ0) is 14.9. The summed E-state index contributed by atoms with van der Waals surface area (Å²) in [6.07, 6.45) is -1.06. The van der Waals surface area contributed by atoms with Gasteiger partial charge in [-0.15, -0.1) is 0 Å². The first kappa shape index (κ1) is 14.2. The number of β-amino-alcohol motifs (C(OH)–C–C–N with tert-alkyl or cyclic N) is 1. The van der Waals surface area contributed by atoms with E-state index in [1.165, 1.54) is 0 Å². The number of carboxylic acid groups (broad SMARTS) is 1. The number of aliphatic hydroxyl groups excluding tert-OH is 1. The average Bonchev–Trinajstić information content (AvgIpc) is 2.76. The number of anilines is 1. The van der Waals surface area contributed by atoms with Crippen LogP contribution in [0.25, 0.3) is 0 Å². The minimum absolute atomic E-state index is 0.103. The predicted octanol–water partition coefficient (Wildman–Crippen LogP) is 1.02. The molecule has 1 unspecified atom stereocenters. The molecule has 1 aliphatic rings. The van der Waals surface area contributed by atoms with E-state index in [1.807, 2.05) is 0 Å². The monoisotopic (exact) mass is 286 g/mol. The number of rotatable bonds is 2. The summed E-state index contributed by atoms with van der Waals surface area (Å²) in [7, 11) is 0. The topological polar surface area (TPSA) is 89.9 Å². The zero-order valence-electron chi connectivity index (χ0n) is 10.2. The van der Waals surface area contributed by atoms with Crippen LogP contribution < -0.4 is 5.32 Å². The quantitative estimate of drug-likeness (QED) is 0.757. The maximum atomic E-state index is 13.4. The summed E-state index contributed by atoms with van der Waals surface area (Å²) < 4.78 is 26.4. The van der Waals surface area contributed by atoms with Crippen molar-refractivity contribution in [3.63, 3.8) is 0 Å². The van der Waals surface area contributed by atoms with Gasteiger partial charge in [-0.1, -0.05) is 0 Å². The van der Waals surface area contributed by atoms with Crippen LogP contribution in [0.3, 0.4) is 0 Å². The molecule has 0 radical (unpaired) electrons. The van der Waals surface area contributed by atoms with Crippen LogP contribution >= 0.6 is 0 Å². The maximum absolute atomic E-state index is 13.4. The minimum atomic E-state index is -1.27. The van der Waals surface area contributed by atoms with Gasteiger partial charge in [-0.05, 0) is 12.1 Å². The Kier molecular flexibility index (Phi) is 3.84. The van der Waals surface area contributed by atoms with Gasteiger partial charge in [0.05, 0.1) is 11.8 Å². The highest BCUT2D eigenvalue weighted by atomic mass is 19.1. The van der Waals surface area contributed by atoms with Gasteiger partial charge >= 0.3 is 12.0 Å². The average molecular weight is 286 g/mol. The summed E-state index contributed by atoms with van der Waals surface area (Å²) in [5.74, 6) is -2.85. The summed E-state index contributed by atoms with van der Waals surface area (Å²) in [5.41, 5.74) is -0.388. The molecule has 1 saturated heterocycles. The standard InChI is InChI=1S/C12H12F2N2O4/c13-6-1-2-8(14)9(3-6)15-12(20)16-5-7(17)4-10(16)11(18)19/h1-3,7,10,17H,4-5H2,(H,15,20)(H,18,19)/t7?,10-/m0/s1. The van der Waals surface area contributed by atoms with Crippen LogP contribution in [-0.4, -0.2) is 45.8 Å². The van der Waals surface area contributed by atoms with Crippen molar-refractivity contribution in [2.45, 2.75) is 18.6 Å². The fraction of sp³-hybridized carbons (Fsp3) is 0.333. The van der Waals surface area contributed by atoms with Crippen molar-refractivity contribution in [3.8, 4) is 0 Å². The number of nitrogens with one attached hydrogen (secondary N) is 1. The van der Waals surface area contributed by atoms with Crippen LogP contribution in [0.5, 0.6) is 0 Å². The lowest BCUT2D eigenvalue weighted by atomic mass is 10.2. The number of halogens is 2. The molecule has 0 saturated carbocycles. The van der Waals surface area contributed by atoms with E-state index >= 15 is 0 Å². The minimum Gasteiger partial charge on any atom is -0.480 e. The lowest BCUT2D eigenvalue weighted by Gasteiger charge is -2.21. The summed E-state index contributed by atoms with van der Waals surface area (Å²) in [5, 5.41) is 20.5. The molecule has 0 aromatic heterocycles. The second kappa shape index (κ2) is 5.41.